The fourth-order valence-electron chi connectivity index (χ4n) is 1.21. The van der Waals surface area contributed by atoms with Crippen LogP contribution >= 0.6 is 12.6 Å². The van der Waals surface area contributed by atoms with Gasteiger partial charge in [-0.15, -0.1) is 0 Å². The van der Waals surface area contributed by atoms with Crippen molar-refractivity contribution in [2.24, 2.45) is 4.99 Å². The van der Waals surface area contributed by atoms with Crippen molar-refractivity contribution >= 4 is 18.8 Å². The van der Waals surface area contributed by atoms with Gasteiger partial charge in [0.15, 0.2) is 0 Å². The number of thiol groups is 1. The second kappa shape index (κ2) is 5.72. The van der Waals surface area contributed by atoms with Crippen molar-refractivity contribution in [1.29, 1.82) is 0 Å². The quantitative estimate of drug-likeness (QED) is 0.528. The third-order valence-electron chi connectivity index (χ3n) is 2.03. The van der Waals surface area contributed by atoms with E-state index in [-0.39, 0.29) is 12.4 Å². The molecule has 0 aliphatic carbocycles. The standard InChI is InChI=1S/C10H14N2O2S/c1-7-9(6-13)8(4-11-2-3-15)10(14)5-12-7/h4-5,13-15H,2-3,6H2,1H3. The zero-order chi connectivity index (χ0) is 11.3. The lowest BCUT2D eigenvalue weighted by Crippen LogP contribution is -2.00. The summed E-state index contributed by atoms with van der Waals surface area (Å²) in [4.78, 5) is 8.02. The Balaban J connectivity index is 3.08. The molecule has 5 heteroatoms. The van der Waals surface area contributed by atoms with E-state index in [4.69, 9.17) is 5.11 Å². The number of aliphatic hydroxyl groups excluding tert-OH is 1. The molecule has 0 saturated carbocycles. The second-order valence-electron chi connectivity index (χ2n) is 3.04. The number of hydrogen-bond donors (Lipinski definition) is 3. The zero-order valence-corrected chi connectivity index (χ0v) is 9.41. The Morgan fingerprint density at radius 2 is 2.33 bits per heavy atom. The van der Waals surface area contributed by atoms with Gasteiger partial charge in [-0.3, -0.25) is 9.98 Å². The number of hydrogen-bond acceptors (Lipinski definition) is 5. The zero-order valence-electron chi connectivity index (χ0n) is 8.51. The fraction of sp³-hybridized carbons (Fsp3) is 0.400. The lowest BCUT2D eigenvalue weighted by Gasteiger charge is -2.07. The van der Waals surface area contributed by atoms with Gasteiger partial charge in [-0.1, -0.05) is 0 Å². The van der Waals surface area contributed by atoms with Crippen LogP contribution in [0, 0.1) is 6.92 Å². The highest BCUT2D eigenvalue weighted by atomic mass is 32.1. The van der Waals surface area contributed by atoms with Gasteiger partial charge in [-0.05, 0) is 6.92 Å². The number of aliphatic imine (C=N–C) groups is 1. The van der Waals surface area contributed by atoms with Crippen LogP contribution < -0.4 is 0 Å². The molecule has 82 valence electrons. The minimum absolute atomic E-state index is 0.0348. The van der Waals surface area contributed by atoms with Gasteiger partial charge in [-0.2, -0.15) is 12.6 Å². The molecule has 0 saturated heterocycles. The minimum Gasteiger partial charge on any atom is -0.506 e. The number of rotatable bonds is 4. The molecule has 0 bridgehead atoms. The maximum atomic E-state index is 9.56. The minimum atomic E-state index is -0.157. The van der Waals surface area contributed by atoms with E-state index in [1.807, 2.05) is 0 Å². The number of pyridine rings is 1. The Hall–Kier alpha value is -1.07. The van der Waals surface area contributed by atoms with E-state index in [9.17, 15) is 5.11 Å². The summed E-state index contributed by atoms with van der Waals surface area (Å²) in [6, 6.07) is 0. The van der Waals surface area contributed by atoms with Gasteiger partial charge in [0.2, 0.25) is 0 Å². The summed E-state index contributed by atoms with van der Waals surface area (Å²) in [6.45, 7) is 2.20. The highest BCUT2D eigenvalue weighted by molar-refractivity contribution is 7.80. The van der Waals surface area contributed by atoms with Crippen LogP contribution in [0.25, 0.3) is 0 Å². The maximum Gasteiger partial charge on any atom is 0.142 e. The van der Waals surface area contributed by atoms with E-state index < -0.39 is 0 Å². The number of aromatic nitrogens is 1. The van der Waals surface area contributed by atoms with Crippen molar-refractivity contribution in [3.8, 4) is 5.75 Å². The van der Waals surface area contributed by atoms with Crippen molar-refractivity contribution in [2.75, 3.05) is 12.3 Å². The highest BCUT2D eigenvalue weighted by Gasteiger charge is 2.08. The molecule has 0 atom stereocenters. The predicted octanol–water partition coefficient (Wildman–Crippen LogP) is 0.937. The summed E-state index contributed by atoms with van der Waals surface area (Å²) in [5, 5.41) is 18.7. The first-order valence-electron chi connectivity index (χ1n) is 4.59. The average molecular weight is 226 g/mol. The summed E-state index contributed by atoms with van der Waals surface area (Å²) in [5.74, 6) is 0.683. The first-order valence-corrected chi connectivity index (χ1v) is 5.23. The molecule has 0 aliphatic rings. The number of aliphatic hydroxyl groups is 1. The number of aryl methyl sites for hydroxylation is 1. The Kier molecular flexibility index (Phi) is 4.58. The summed E-state index contributed by atoms with van der Waals surface area (Å²) in [6.07, 6.45) is 2.91. The summed E-state index contributed by atoms with van der Waals surface area (Å²) in [5.41, 5.74) is 1.84. The average Bonchev–Trinajstić information content (AvgIpc) is 2.23. The lowest BCUT2D eigenvalue weighted by molar-refractivity contribution is 0.279. The molecule has 1 aromatic heterocycles. The van der Waals surface area contributed by atoms with Gasteiger partial charge in [0.25, 0.3) is 0 Å². The van der Waals surface area contributed by atoms with Gasteiger partial charge in [0.05, 0.1) is 12.8 Å². The third-order valence-corrected chi connectivity index (χ3v) is 2.23. The van der Waals surface area contributed by atoms with E-state index in [1.165, 1.54) is 6.20 Å². The topological polar surface area (TPSA) is 65.7 Å². The smallest absolute Gasteiger partial charge is 0.142 e. The number of aromatic hydroxyl groups is 1. The number of nitrogens with zero attached hydrogens (tertiary/aromatic N) is 2. The largest absolute Gasteiger partial charge is 0.506 e. The SMILES string of the molecule is Cc1ncc(O)c(C=NCCS)c1CO. The molecule has 4 nitrogen and oxygen atoms in total. The van der Waals surface area contributed by atoms with Crippen LogP contribution in [0.3, 0.4) is 0 Å². The molecule has 0 amide bonds. The van der Waals surface area contributed by atoms with Crippen molar-refractivity contribution in [2.45, 2.75) is 13.5 Å². The molecule has 0 spiro atoms. The van der Waals surface area contributed by atoms with Crippen LogP contribution in [0.2, 0.25) is 0 Å². The second-order valence-corrected chi connectivity index (χ2v) is 3.49. The summed E-state index contributed by atoms with van der Waals surface area (Å²) < 4.78 is 0. The van der Waals surface area contributed by atoms with Crippen molar-refractivity contribution < 1.29 is 10.2 Å². The van der Waals surface area contributed by atoms with Crippen LogP contribution in [-0.2, 0) is 6.61 Å². The molecule has 15 heavy (non-hydrogen) atoms. The van der Waals surface area contributed by atoms with Gasteiger partial charge in [-0.25, -0.2) is 0 Å². The molecule has 0 aliphatic heterocycles. The van der Waals surface area contributed by atoms with Crippen LogP contribution in [0.5, 0.6) is 5.75 Å². The van der Waals surface area contributed by atoms with E-state index in [0.29, 0.717) is 29.1 Å². The maximum absolute atomic E-state index is 9.56. The fourth-order valence-corrected chi connectivity index (χ4v) is 1.33. The third kappa shape index (κ3) is 2.94. The Bertz CT molecular complexity index is 367. The Labute approximate surface area is 94.1 Å². The van der Waals surface area contributed by atoms with E-state index in [1.54, 1.807) is 13.1 Å². The molecule has 1 heterocycles. The monoisotopic (exact) mass is 226 g/mol. The van der Waals surface area contributed by atoms with Gasteiger partial charge < -0.3 is 10.2 Å². The molecule has 0 fully saturated rings. The van der Waals surface area contributed by atoms with Crippen LogP contribution in [0.15, 0.2) is 11.2 Å². The molecule has 0 radical (unpaired) electrons. The normalized spacial score (nSPS) is 11.1. The van der Waals surface area contributed by atoms with Gasteiger partial charge >= 0.3 is 0 Å². The molecule has 1 aromatic rings. The highest BCUT2D eigenvalue weighted by Crippen LogP contribution is 2.20. The molecular formula is C10H14N2O2S. The first-order chi connectivity index (χ1) is 7.20. The van der Waals surface area contributed by atoms with Crippen LogP contribution in [-0.4, -0.2) is 33.7 Å². The molecule has 0 aromatic carbocycles. The van der Waals surface area contributed by atoms with Crippen LogP contribution in [0.4, 0.5) is 0 Å². The Morgan fingerprint density at radius 3 is 2.93 bits per heavy atom. The van der Waals surface area contributed by atoms with Crippen LogP contribution in [0.1, 0.15) is 16.8 Å². The molecule has 0 unspecified atom stereocenters. The summed E-state index contributed by atoms with van der Waals surface area (Å²) in [7, 11) is 0. The lowest BCUT2D eigenvalue weighted by atomic mass is 10.1. The Morgan fingerprint density at radius 1 is 1.60 bits per heavy atom. The van der Waals surface area contributed by atoms with Gasteiger partial charge in [0.1, 0.15) is 5.75 Å². The molecular weight excluding hydrogens is 212 g/mol. The van der Waals surface area contributed by atoms with E-state index >= 15 is 0 Å². The molecule has 1 rings (SSSR count). The summed E-state index contributed by atoms with van der Waals surface area (Å²) >= 11 is 4.02. The molecule has 2 N–H and O–H groups in total. The van der Waals surface area contributed by atoms with Gasteiger partial charge in [0, 0.05) is 35.3 Å². The van der Waals surface area contributed by atoms with Crippen molar-refractivity contribution in [3.05, 3.63) is 23.0 Å². The predicted molar refractivity (Wildman–Crippen MR) is 62.9 cm³/mol. The van der Waals surface area contributed by atoms with E-state index in [2.05, 4.69) is 22.6 Å². The van der Waals surface area contributed by atoms with Crippen molar-refractivity contribution in [1.82, 2.24) is 4.98 Å². The van der Waals surface area contributed by atoms with E-state index in [0.717, 1.165) is 0 Å². The van der Waals surface area contributed by atoms with Crippen molar-refractivity contribution in [3.63, 3.8) is 0 Å². The first kappa shape index (κ1) is 12.0.